The third-order valence-corrected chi connectivity index (χ3v) is 4.41. The summed E-state index contributed by atoms with van der Waals surface area (Å²) >= 11 is 11.9. The normalized spacial score (nSPS) is 10.4. The summed E-state index contributed by atoms with van der Waals surface area (Å²) in [5.41, 5.74) is 6.23. The van der Waals surface area contributed by atoms with Crippen LogP contribution >= 0.6 is 23.2 Å². The van der Waals surface area contributed by atoms with E-state index in [-0.39, 0.29) is 12.3 Å². The second kappa shape index (κ2) is 10.8. The summed E-state index contributed by atoms with van der Waals surface area (Å²) in [6, 6.07) is 14.6. The molecule has 0 heterocycles. The van der Waals surface area contributed by atoms with E-state index >= 15 is 0 Å². The Balaban J connectivity index is 1.85. The van der Waals surface area contributed by atoms with Gasteiger partial charge in [0.15, 0.2) is 0 Å². The molecule has 0 saturated carbocycles. The summed E-state index contributed by atoms with van der Waals surface area (Å²) in [7, 11) is 0. The van der Waals surface area contributed by atoms with Gasteiger partial charge in [-0.1, -0.05) is 53.5 Å². The first-order valence-electron chi connectivity index (χ1n) is 8.63. The van der Waals surface area contributed by atoms with E-state index in [9.17, 15) is 9.59 Å². The Morgan fingerprint density at radius 1 is 1.04 bits per heavy atom. The van der Waals surface area contributed by atoms with Crippen molar-refractivity contribution in [3.8, 4) is 5.75 Å². The van der Waals surface area contributed by atoms with Crippen LogP contribution in [0.2, 0.25) is 10.0 Å². The van der Waals surface area contributed by atoms with Crippen LogP contribution in [0.3, 0.4) is 0 Å². The van der Waals surface area contributed by atoms with Gasteiger partial charge in [-0.05, 0) is 30.2 Å². The van der Waals surface area contributed by atoms with E-state index in [0.717, 1.165) is 5.56 Å². The van der Waals surface area contributed by atoms with E-state index in [1.165, 1.54) is 0 Å². The van der Waals surface area contributed by atoms with Gasteiger partial charge >= 0.3 is 0 Å². The molecule has 0 aliphatic carbocycles. The Kier molecular flexibility index (Phi) is 8.43. The van der Waals surface area contributed by atoms with Crippen LogP contribution in [0.25, 0.3) is 0 Å². The van der Waals surface area contributed by atoms with Gasteiger partial charge in [0, 0.05) is 31.0 Å². The molecule has 27 heavy (non-hydrogen) atoms. The minimum Gasteiger partial charge on any atom is -0.492 e. The number of hydrogen-bond acceptors (Lipinski definition) is 3. The molecule has 2 amide bonds. The molecule has 0 bridgehead atoms. The highest BCUT2D eigenvalue weighted by molar-refractivity contribution is 6.35. The van der Waals surface area contributed by atoms with Gasteiger partial charge in [0.2, 0.25) is 11.8 Å². The predicted molar refractivity (Wildman–Crippen MR) is 107 cm³/mol. The van der Waals surface area contributed by atoms with Crippen LogP contribution in [0.15, 0.2) is 48.5 Å². The SMILES string of the molecule is NC(=O)CCN(Cc1ccccc1)C(=O)CCCOc1ccc(Cl)cc1Cl. The number of carbonyl (C=O) groups is 2. The molecule has 0 aliphatic heterocycles. The zero-order chi connectivity index (χ0) is 19.6. The highest BCUT2D eigenvalue weighted by atomic mass is 35.5. The minimum absolute atomic E-state index is 0.0501. The van der Waals surface area contributed by atoms with Gasteiger partial charge in [0.25, 0.3) is 0 Å². The molecule has 0 unspecified atom stereocenters. The average Bonchev–Trinajstić information content (AvgIpc) is 2.64. The molecule has 0 fully saturated rings. The fraction of sp³-hybridized carbons (Fsp3) is 0.300. The topological polar surface area (TPSA) is 72.6 Å². The number of nitrogens with two attached hydrogens (primary N) is 1. The minimum atomic E-state index is -0.429. The van der Waals surface area contributed by atoms with Crippen LogP contribution in [0.5, 0.6) is 5.75 Å². The summed E-state index contributed by atoms with van der Waals surface area (Å²) < 4.78 is 5.60. The van der Waals surface area contributed by atoms with Crippen molar-refractivity contribution >= 4 is 35.0 Å². The molecule has 7 heteroatoms. The first-order chi connectivity index (χ1) is 13.0. The lowest BCUT2D eigenvalue weighted by molar-refractivity contribution is -0.132. The third kappa shape index (κ3) is 7.49. The fourth-order valence-electron chi connectivity index (χ4n) is 2.50. The van der Waals surface area contributed by atoms with Crippen molar-refractivity contribution in [3.63, 3.8) is 0 Å². The monoisotopic (exact) mass is 408 g/mol. The molecule has 0 spiro atoms. The van der Waals surface area contributed by atoms with E-state index in [1.54, 1.807) is 23.1 Å². The number of halogens is 2. The van der Waals surface area contributed by atoms with Crippen LogP contribution in [0, 0.1) is 0 Å². The lowest BCUT2D eigenvalue weighted by Crippen LogP contribution is -2.33. The van der Waals surface area contributed by atoms with Gasteiger partial charge in [-0.3, -0.25) is 9.59 Å². The fourth-order valence-corrected chi connectivity index (χ4v) is 2.96. The number of primary amides is 1. The molecular weight excluding hydrogens is 387 g/mol. The van der Waals surface area contributed by atoms with E-state index < -0.39 is 5.91 Å². The van der Waals surface area contributed by atoms with Gasteiger partial charge in [0.1, 0.15) is 5.75 Å². The van der Waals surface area contributed by atoms with E-state index in [0.29, 0.717) is 48.3 Å². The Labute approximate surface area is 169 Å². The second-order valence-electron chi connectivity index (χ2n) is 6.04. The standard InChI is InChI=1S/C20H22Cl2N2O3/c21-16-8-9-18(17(22)13-16)27-12-4-7-20(26)24(11-10-19(23)25)14-15-5-2-1-3-6-15/h1-3,5-6,8-9,13H,4,7,10-12,14H2,(H2,23,25). The predicted octanol–water partition coefficient (Wildman–Crippen LogP) is 4.06. The van der Waals surface area contributed by atoms with Gasteiger partial charge in [0.05, 0.1) is 11.6 Å². The second-order valence-corrected chi connectivity index (χ2v) is 6.89. The largest absolute Gasteiger partial charge is 0.492 e. The molecule has 0 saturated heterocycles. The molecule has 0 aromatic heterocycles. The summed E-state index contributed by atoms with van der Waals surface area (Å²) in [5.74, 6) is 0.0517. The quantitative estimate of drug-likeness (QED) is 0.602. The van der Waals surface area contributed by atoms with Gasteiger partial charge in [-0.15, -0.1) is 0 Å². The molecule has 2 rings (SSSR count). The number of carbonyl (C=O) groups excluding carboxylic acids is 2. The van der Waals surface area contributed by atoms with Crippen LogP contribution in [0.4, 0.5) is 0 Å². The maximum atomic E-state index is 12.6. The summed E-state index contributed by atoms with van der Waals surface area (Å²) in [5, 5.41) is 0.967. The summed E-state index contributed by atoms with van der Waals surface area (Å²) in [6.45, 7) is 1.09. The zero-order valence-corrected chi connectivity index (χ0v) is 16.4. The Morgan fingerprint density at radius 3 is 2.44 bits per heavy atom. The summed E-state index contributed by atoms with van der Waals surface area (Å²) in [6.07, 6.45) is 0.964. The Hall–Kier alpha value is -2.24. The Morgan fingerprint density at radius 2 is 1.78 bits per heavy atom. The molecule has 5 nitrogen and oxygen atoms in total. The Bertz CT molecular complexity index is 769. The maximum Gasteiger partial charge on any atom is 0.223 e. The number of hydrogen-bond donors (Lipinski definition) is 1. The first kappa shape index (κ1) is 21.1. The smallest absolute Gasteiger partial charge is 0.223 e. The summed E-state index contributed by atoms with van der Waals surface area (Å²) in [4.78, 5) is 25.3. The molecule has 2 aromatic carbocycles. The number of rotatable bonds is 10. The lowest BCUT2D eigenvalue weighted by atomic mass is 10.2. The maximum absolute atomic E-state index is 12.6. The molecule has 144 valence electrons. The highest BCUT2D eigenvalue weighted by Gasteiger charge is 2.15. The van der Waals surface area contributed by atoms with Gasteiger partial charge in [-0.2, -0.15) is 0 Å². The molecule has 2 N–H and O–H groups in total. The van der Waals surface area contributed by atoms with Crippen LogP contribution in [-0.2, 0) is 16.1 Å². The van der Waals surface area contributed by atoms with Gasteiger partial charge < -0.3 is 15.4 Å². The van der Waals surface area contributed by atoms with E-state index in [1.807, 2.05) is 30.3 Å². The molecule has 0 aliphatic rings. The van der Waals surface area contributed by atoms with Crippen molar-refractivity contribution < 1.29 is 14.3 Å². The third-order valence-electron chi connectivity index (χ3n) is 3.88. The van der Waals surface area contributed by atoms with Crippen molar-refractivity contribution in [2.75, 3.05) is 13.2 Å². The van der Waals surface area contributed by atoms with Crippen molar-refractivity contribution in [2.24, 2.45) is 5.73 Å². The number of benzene rings is 2. The zero-order valence-electron chi connectivity index (χ0n) is 14.9. The van der Waals surface area contributed by atoms with Crippen LogP contribution in [0.1, 0.15) is 24.8 Å². The molecular formula is C20H22Cl2N2O3. The first-order valence-corrected chi connectivity index (χ1v) is 9.39. The van der Waals surface area contributed by atoms with E-state index in [4.69, 9.17) is 33.7 Å². The van der Waals surface area contributed by atoms with E-state index in [2.05, 4.69) is 0 Å². The van der Waals surface area contributed by atoms with Crippen molar-refractivity contribution in [3.05, 3.63) is 64.1 Å². The molecule has 0 atom stereocenters. The number of ether oxygens (including phenoxy) is 1. The van der Waals surface area contributed by atoms with Crippen LogP contribution in [-0.4, -0.2) is 29.9 Å². The van der Waals surface area contributed by atoms with Crippen molar-refractivity contribution in [2.45, 2.75) is 25.8 Å². The molecule has 0 radical (unpaired) electrons. The lowest BCUT2D eigenvalue weighted by Gasteiger charge is -2.22. The van der Waals surface area contributed by atoms with Crippen molar-refractivity contribution in [1.82, 2.24) is 4.90 Å². The number of nitrogens with zero attached hydrogens (tertiary/aromatic N) is 1. The molecule has 2 aromatic rings. The van der Waals surface area contributed by atoms with Gasteiger partial charge in [-0.25, -0.2) is 0 Å². The number of amides is 2. The van der Waals surface area contributed by atoms with Crippen molar-refractivity contribution in [1.29, 1.82) is 0 Å². The average molecular weight is 409 g/mol. The van der Waals surface area contributed by atoms with Crippen LogP contribution < -0.4 is 10.5 Å². The highest BCUT2D eigenvalue weighted by Crippen LogP contribution is 2.27.